The first-order valence-corrected chi connectivity index (χ1v) is 9.13. The predicted octanol–water partition coefficient (Wildman–Crippen LogP) is 7.05. The van der Waals surface area contributed by atoms with Crippen molar-refractivity contribution in [1.29, 1.82) is 0 Å². The van der Waals surface area contributed by atoms with Gasteiger partial charge in [-0.05, 0) is 51.2 Å². The minimum atomic E-state index is -0.0126. The number of para-hydroxylation sites is 1. The molecule has 0 unspecified atom stereocenters. The molecule has 0 bridgehead atoms. The van der Waals surface area contributed by atoms with E-state index in [9.17, 15) is 0 Å². The van der Waals surface area contributed by atoms with Crippen LogP contribution in [0.5, 0.6) is 0 Å². The lowest BCUT2D eigenvalue weighted by Gasteiger charge is -2.21. The molecule has 0 radical (unpaired) electrons. The number of fused-ring (bicyclic) bond motifs is 8. The summed E-state index contributed by atoms with van der Waals surface area (Å²) in [6, 6.07) is 26.2. The highest BCUT2D eigenvalue weighted by molar-refractivity contribution is 6.10. The van der Waals surface area contributed by atoms with Crippen LogP contribution < -0.4 is 0 Å². The molecule has 0 fully saturated rings. The Morgan fingerprint density at radius 1 is 0.654 bits per heavy atom. The van der Waals surface area contributed by atoms with Crippen molar-refractivity contribution in [2.24, 2.45) is 0 Å². The maximum atomic E-state index is 6.17. The van der Waals surface area contributed by atoms with Crippen molar-refractivity contribution >= 4 is 32.7 Å². The molecule has 1 aliphatic rings. The first kappa shape index (κ1) is 14.1. The third-order valence-electron chi connectivity index (χ3n) is 6.06. The van der Waals surface area contributed by atoms with Crippen molar-refractivity contribution in [1.82, 2.24) is 0 Å². The van der Waals surface area contributed by atoms with Crippen LogP contribution in [0.1, 0.15) is 25.0 Å². The molecule has 1 aromatic heterocycles. The zero-order valence-electron chi connectivity index (χ0n) is 14.8. The van der Waals surface area contributed by atoms with Gasteiger partial charge in [0, 0.05) is 16.2 Å². The second-order valence-electron chi connectivity index (χ2n) is 7.83. The van der Waals surface area contributed by atoms with Crippen molar-refractivity contribution in [3.63, 3.8) is 0 Å². The summed E-state index contributed by atoms with van der Waals surface area (Å²) in [5, 5.41) is 5.03. The standard InChI is InChI=1S/C25H18O/c1-25(2)20-12-11-15-7-3-4-8-16(15)24(20)19-14-23-18(13-21(19)25)17-9-5-6-10-22(17)26-23/h3-14H,1-2H3. The van der Waals surface area contributed by atoms with Gasteiger partial charge in [0.1, 0.15) is 11.2 Å². The lowest BCUT2D eigenvalue weighted by Crippen LogP contribution is -2.14. The fraction of sp³-hybridized carbons (Fsp3) is 0.120. The maximum absolute atomic E-state index is 6.17. The predicted molar refractivity (Wildman–Crippen MR) is 109 cm³/mol. The zero-order valence-corrected chi connectivity index (χ0v) is 14.8. The van der Waals surface area contributed by atoms with Gasteiger partial charge in [0.05, 0.1) is 0 Å². The van der Waals surface area contributed by atoms with Crippen molar-refractivity contribution < 1.29 is 4.42 Å². The smallest absolute Gasteiger partial charge is 0.136 e. The molecular formula is C25H18O. The van der Waals surface area contributed by atoms with E-state index in [1.807, 2.05) is 6.07 Å². The van der Waals surface area contributed by atoms with E-state index in [-0.39, 0.29) is 5.41 Å². The Labute approximate surface area is 151 Å². The van der Waals surface area contributed by atoms with E-state index >= 15 is 0 Å². The topological polar surface area (TPSA) is 13.1 Å². The molecule has 0 amide bonds. The molecule has 4 aromatic carbocycles. The summed E-state index contributed by atoms with van der Waals surface area (Å²) in [5.41, 5.74) is 7.40. The quantitative estimate of drug-likeness (QED) is 0.296. The van der Waals surface area contributed by atoms with Crippen LogP contribution >= 0.6 is 0 Å². The van der Waals surface area contributed by atoms with Crippen LogP contribution in [0.25, 0.3) is 43.8 Å². The van der Waals surface area contributed by atoms with Crippen LogP contribution in [0.2, 0.25) is 0 Å². The lowest BCUT2D eigenvalue weighted by molar-refractivity contribution is 0.658. The molecule has 1 aliphatic carbocycles. The fourth-order valence-electron chi connectivity index (χ4n) is 4.72. The summed E-state index contributed by atoms with van der Waals surface area (Å²) < 4.78 is 6.17. The average Bonchev–Trinajstić information content (AvgIpc) is 3.13. The summed E-state index contributed by atoms with van der Waals surface area (Å²) in [7, 11) is 0. The molecule has 124 valence electrons. The van der Waals surface area contributed by atoms with E-state index in [2.05, 4.69) is 80.6 Å². The Balaban J connectivity index is 1.80. The lowest BCUT2D eigenvalue weighted by atomic mass is 9.81. The van der Waals surface area contributed by atoms with Gasteiger partial charge in [-0.2, -0.15) is 0 Å². The monoisotopic (exact) mass is 334 g/mol. The zero-order chi connectivity index (χ0) is 17.5. The van der Waals surface area contributed by atoms with Crippen molar-refractivity contribution in [3.05, 3.63) is 83.9 Å². The van der Waals surface area contributed by atoms with Crippen LogP contribution in [0.3, 0.4) is 0 Å². The highest BCUT2D eigenvalue weighted by Crippen LogP contribution is 2.52. The maximum Gasteiger partial charge on any atom is 0.136 e. The van der Waals surface area contributed by atoms with E-state index in [0.717, 1.165) is 11.2 Å². The summed E-state index contributed by atoms with van der Waals surface area (Å²) in [5.74, 6) is 0. The third-order valence-corrected chi connectivity index (χ3v) is 6.06. The largest absolute Gasteiger partial charge is 0.456 e. The Morgan fingerprint density at radius 2 is 1.42 bits per heavy atom. The fourth-order valence-corrected chi connectivity index (χ4v) is 4.72. The van der Waals surface area contributed by atoms with E-state index in [0.29, 0.717) is 0 Å². The van der Waals surface area contributed by atoms with Gasteiger partial charge >= 0.3 is 0 Å². The molecule has 0 spiro atoms. The molecule has 0 N–H and O–H groups in total. The van der Waals surface area contributed by atoms with Gasteiger partial charge in [0.15, 0.2) is 0 Å². The van der Waals surface area contributed by atoms with Gasteiger partial charge in [-0.3, -0.25) is 0 Å². The molecule has 0 atom stereocenters. The number of hydrogen-bond donors (Lipinski definition) is 0. The van der Waals surface area contributed by atoms with Gasteiger partial charge in [-0.1, -0.05) is 68.4 Å². The van der Waals surface area contributed by atoms with Crippen molar-refractivity contribution in [2.75, 3.05) is 0 Å². The number of rotatable bonds is 0. The van der Waals surface area contributed by atoms with Gasteiger partial charge < -0.3 is 4.42 Å². The molecule has 0 saturated heterocycles. The van der Waals surface area contributed by atoms with E-state index in [1.54, 1.807) is 0 Å². The van der Waals surface area contributed by atoms with Gasteiger partial charge in [-0.25, -0.2) is 0 Å². The first-order valence-electron chi connectivity index (χ1n) is 9.13. The molecule has 0 saturated carbocycles. The Kier molecular flexibility index (Phi) is 2.48. The van der Waals surface area contributed by atoms with Crippen LogP contribution in [0.15, 0.2) is 77.2 Å². The van der Waals surface area contributed by atoms with E-state index in [4.69, 9.17) is 4.42 Å². The Hall–Kier alpha value is -3.06. The van der Waals surface area contributed by atoms with Gasteiger partial charge in [0.25, 0.3) is 0 Å². The third kappa shape index (κ3) is 1.61. The Morgan fingerprint density at radius 3 is 2.31 bits per heavy atom. The number of furan rings is 1. The van der Waals surface area contributed by atoms with Crippen molar-refractivity contribution in [3.8, 4) is 11.1 Å². The summed E-state index contributed by atoms with van der Waals surface area (Å²) >= 11 is 0. The van der Waals surface area contributed by atoms with Gasteiger partial charge in [0.2, 0.25) is 0 Å². The molecule has 0 aliphatic heterocycles. The van der Waals surface area contributed by atoms with Gasteiger partial charge in [-0.15, -0.1) is 0 Å². The number of hydrogen-bond acceptors (Lipinski definition) is 1. The Bertz CT molecular complexity index is 1350. The molecule has 1 nitrogen and oxygen atoms in total. The van der Waals surface area contributed by atoms with Crippen LogP contribution in [0.4, 0.5) is 0 Å². The molecule has 5 aromatic rings. The number of benzene rings is 4. The summed E-state index contributed by atoms with van der Waals surface area (Å²) in [6.45, 7) is 4.67. The van der Waals surface area contributed by atoms with Crippen LogP contribution in [-0.2, 0) is 5.41 Å². The summed E-state index contributed by atoms with van der Waals surface area (Å²) in [6.07, 6.45) is 0. The molecule has 6 rings (SSSR count). The minimum Gasteiger partial charge on any atom is -0.456 e. The molecular weight excluding hydrogens is 316 g/mol. The summed E-state index contributed by atoms with van der Waals surface area (Å²) in [4.78, 5) is 0. The highest BCUT2D eigenvalue weighted by Gasteiger charge is 2.37. The minimum absolute atomic E-state index is 0.0126. The highest BCUT2D eigenvalue weighted by atomic mass is 16.3. The molecule has 1 heterocycles. The van der Waals surface area contributed by atoms with E-state index < -0.39 is 0 Å². The first-order chi connectivity index (χ1) is 12.6. The average molecular weight is 334 g/mol. The van der Waals surface area contributed by atoms with Crippen molar-refractivity contribution in [2.45, 2.75) is 19.3 Å². The second kappa shape index (κ2) is 4.56. The van der Waals surface area contributed by atoms with E-state index in [1.165, 1.54) is 43.8 Å². The normalized spacial score (nSPS) is 14.8. The second-order valence-corrected chi connectivity index (χ2v) is 7.83. The molecule has 1 heteroatoms. The van der Waals surface area contributed by atoms with Crippen LogP contribution in [-0.4, -0.2) is 0 Å². The molecule has 26 heavy (non-hydrogen) atoms. The van der Waals surface area contributed by atoms with Crippen LogP contribution in [0, 0.1) is 0 Å². The SMILES string of the molecule is CC1(C)c2cc3c(cc2-c2c1ccc1ccccc21)oc1ccccc13.